The van der Waals surface area contributed by atoms with E-state index in [1.165, 1.54) is 12.1 Å². The van der Waals surface area contributed by atoms with Gasteiger partial charge >= 0.3 is 0 Å². The Morgan fingerprint density at radius 1 is 1.09 bits per heavy atom. The van der Waals surface area contributed by atoms with Crippen LogP contribution in [0.1, 0.15) is 5.56 Å². The van der Waals surface area contributed by atoms with E-state index in [0.29, 0.717) is 5.02 Å². The highest BCUT2D eigenvalue weighted by Crippen LogP contribution is 2.27. The summed E-state index contributed by atoms with van der Waals surface area (Å²) in [6.07, 6.45) is 0. The molecule has 0 saturated heterocycles. The molecule has 0 saturated carbocycles. The molecule has 0 amide bonds. The average molecular weight is 372 g/mol. The summed E-state index contributed by atoms with van der Waals surface area (Å²) in [5, 5.41) is 3.47. The molecule has 0 bridgehead atoms. The minimum absolute atomic E-state index is 0.0128. The minimum Gasteiger partial charge on any atom is -0.207 e. The van der Waals surface area contributed by atoms with E-state index >= 15 is 0 Å². The predicted octanol–water partition coefficient (Wildman–Crippen LogP) is 4.69. The van der Waals surface area contributed by atoms with E-state index in [0.717, 1.165) is 15.6 Å². The minimum atomic E-state index is -3.72. The molecule has 3 rings (SSSR count). The van der Waals surface area contributed by atoms with Crippen molar-refractivity contribution >= 4 is 54.6 Å². The van der Waals surface area contributed by atoms with E-state index in [4.69, 9.17) is 23.2 Å². The van der Waals surface area contributed by atoms with Gasteiger partial charge in [-0.3, -0.25) is 0 Å². The highest BCUT2D eigenvalue weighted by atomic mass is 35.5. The number of fused-ring (bicyclic) bond motifs is 1. The van der Waals surface area contributed by atoms with Crippen molar-refractivity contribution < 1.29 is 8.42 Å². The molecule has 0 aliphatic heterocycles. The number of rotatable bonds is 4. The lowest BCUT2D eigenvalue weighted by atomic mass is 10.2. The van der Waals surface area contributed by atoms with Gasteiger partial charge in [-0.2, -0.15) is 0 Å². The molecule has 3 nitrogen and oxygen atoms in total. The van der Waals surface area contributed by atoms with Gasteiger partial charge in [0.05, 0.1) is 5.02 Å². The predicted molar refractivity (Wildman–Crippen MR) is 92.3 cm³/mol. The van der Waals surface area contributed by atoms with Gasteiger partial charge < -0.3 is 0 Å². The summed E-state index contributed by atoms with van der Waals surface area (Å²) in [6, 6.07) is 12.2. The summed E-state index contributed by atoms with van der Waals surface area (Å²) < 4.78 is 28.5. The zero-order valence-electron chi connectivity index (χ0n) is 11.2. The number of halogens is 2. The molecule has 1 N–H and O–H groups in total. The van der Waals surface area contributed by atoms with Gasteiger partial charge in [-0.1, -0.05) is 41.4 Å². The van der Waals surface area contributed by atoms with Crippen LogP contribution in [0.5, 0.6) is 0 Å². The van der Waals surface area contributed by atoms with Crippen LogP contribution in [0.15, 0.2) is 52.7 Å². The van der Waals surface area contributed by atoms with Crippen molar-refractivity contribution in [3.63, 3.8) is 0 Å². The first-order valence-corrected chi connectivity index (χ1v) is 9.49. The summed E-state index contributed by atoms with van der Waals surface area (Å²) in [5.74, 6) is 0. The second-order valence-electron chi connectivity index (χ2n) is 4.66. The van der Waals surface area contributed by atoms with Gasteiger partial charge in [0.15, 0.2) is 0 Å². The van der Waals surface area contributed by atoms with Crippen LogP contribution >= 0.6 is 34.5 Å². The van der Waals surface area contributed by atoms with Crippen LogP contribution < -0.4 is 4.72 Å². The van der Waals surface area contributed by atoms with E-state index < -0.39 is 10.0 Å². The van der Waals surface area contributed by atoms with Crippen LogP contribution in [0.25, 0.3) is 10.1 Å². The van der Waals surface area contributed by atoms with E-state index in [1.807, 2.05) is 29.6 Å². The number of thiophene rings is 1. The van der Waals surface area contributed by atoms with Crippen molar-refractivity contribution in [2.24, 2.45) is 0 Å². The third-order valence-electron chi connectivity index (χ3n) is 3.20. The van der Waals surface area contributed by atoms with Crippen LogP contribution in [-0.4, -0.2) is 8.42 Å². The first kappa shape index (κ1) is 15.8. The Kier molecular flexibility index (Phi) is 4.43. The van der Waals surface area contributed by atoms with E-state index in [9.17, 15) is 8.42 Å². The van der Waals surface area contributed by atoms with Crippen molar-refractivity contribution in [1.29, 1.82) is 0 Å². The van der Waals surface area contributed by atoms with Gasteiger partial charge in [0.2, 0.25) is 10.0 Å². The van der Waals surface area contributed by atoms with Gasteiger partial charge in [0.1, 0.15) is 4.90 Å². The highest BCUT2D eigenvalue weighted by Gasteiger charge is 2.18. The summed E-state index contributed by atoms with van der Waals surface area (Å²) in [7, 11) is -3.72. The Labute approximate surface area is 142 Å². The maximum atomic E-state index is 12.4. The average Bonchev–Trinajstić information content (AvgIpc) is 2.91. The second kappa shape index (κ2) is 6.18. The number of sulfonamides is 1. The standard InChI is InChI=1S/C15H11Cl2NO2S2/c16-11-5-6-13(17)15(7-11)22(19,20)18-8-10-9-21-14-4-2-1-3-12(10)14/h1-7,9,18H,8H2. The normalized spacial score (nSPS) is 11.9. The van der Waals surface area contributed by atoms with Gasteiger partial charge in [-0.15, -0.1) is 11.3 Å². The molecule has 7 heteroatoms. The van der Waals surface area contributed by atoms with E-state index in [-0.39, 0.29) is 16.5 Å². The van der Waals surface area contributed by atoms with E-state index in [2.05, 4.69) is 4.72 Å². The Hall–Kier alpha value is -1.11. The monoisotopic (exact) mass is 371 g/mol. The molecule has 0 radical (unpaired) electrons. The molecular weight excluding hydrogens is 361 g/mol. The van der Waals surface area contributed by atoms with Crippen LogP contribution in [-0.2, 0) is 16.6 Å². The Bertz CT molecular complexity index is 936. The van der Waals surface area contributed by atoms with Crippen molar-refractivity contribution in [3.8, 4) is 0 Å². The fourth-order valence-electron chi connectivity index (χ4n) is 2.10. The molecule has 0 aliphatic carbocycles. The topological polar surface area (TPSA) is 46.2 Å². The van der Waals surface area contributed by atoms with Crippen LogP contribution in [0.3, 0.4) is 0 Å². The fraction of sp³-hybridized carbons (Fsp3) is 0.0667. The second-order valence-corrected chi connectivity index (χ2v) is 8.15. The van der Waals surface area contributed by atoms with Crippen molar-refractivity contribution in [1.82, 2.24) is 4.72 Å². The number of hydrogen-bond donors (Lipinski definition) is 1. The Morgan fingerprint density at radius 3 is 2.68 bits per heavy atom. The summed E-state index contributed by atoms with van der Waals surface area (Å²) in [4.78, 5) is -0.0128. The summed E-state index contributed by atoms with van der Waals surface area (Å²) in [6.45, 7) is 0.204. The maximum Gasteiger partial charge on any atom is 0.242 e. The number of nitrogens with one attached hydrogen (secondary N) is 1. The molecular formula is C15H11Cl2NO2S2. The number of hydrogen-bond acceptors (Lipinski definition) is 3. The van der Waals surface area contributed by atoms with Gasteiger partial charge in [0.25, 0.3) is 0 Å². The van der Waals surface area contributed by atoms with Crippen molar-refractivity contribution in [2.45, 2.75) is 11.4 Å². The molecule has 0 atom stereocenters. The molecule has 0 unspecified atom stereocenters. The lowest BCUT2D eigenvalue weighted by molar-refractivity contribution is 0.581. The van der Waals surface area contributed by atoms with Gasteiger partial charge in [0, 0.05) is 16.3 Å². The zero-order valence-corrected chi connectivity index (χ0v) is 14.4. The SMILES string of the molecule is O=S(=O)(NCc1csc2ccccc12)c1cc(Cl)ccc1Cl. The third kappa shape index (κ3) is 3.14. The quantitative estimate of drug-likeness (QED) is 0.722. The molecule has 2 aromatic carbocycles. The summed E-state index contributed by atoms with van der Waals surface area (Å²) >= 11 is 13.4. The first-order chi connectivity index (χ1) is 10.5. The lowest BCUT2D eigenvalue weighted by Crippen LogP contribution is -2.23. The zero-order chi connectivity index (χ0) is 15.7. The van der Waals surface area contributed by atoms with Gasteiger partial charge in [-0.05, 0) is 40.6 Å². The molecule has 1 aromatic heterocycles. The van der Waals surface area contributed by atoms with Gasteiger partial charge in [-0.25, -0.2) is 13.1 Å². The van der Waals surface area contributed by atoms with E-state index in [1.54, 1.807) is 17.4 Å². The molecule has 3 aromatic rings. The fourth-order valence-corrected chi connectivity index (χ4v) is 4.83. The molecule has 1 heterocycles. The third-order valence-corrected chi connectivity index (χ3v) is 6.33. The van der Waals surface area contributed by atoms with Crippen LogP contribution in [0.4, 0.5) is 0 Å². The van der Waals surface area contributed by atoms with Crippen LogP contribution in [0.2, 0.25) is 10.0 Å². The lowest BCUT2D eigenvalue weighted by Gasteiger charge is -2.08. The van der Waals surface area contributed by atoms with Crippen molar-refractivity contribution in [2.75, 3.05) is 0 Å². The Balaban J connectivity index is 1.88. The molecule has 22 heavy (non-hydrogen) atoms. The largest absolute Gasteiger partial charge is 0.242 e. The summed E-state index contributed by atoms with van der Waals surface area (Å²) in [5.41, 5.74) is 0.933. The first-order valence-electron chi connectivity index (χ1n) is 6.37. The molecule has 0 aliphatic rings. The molecule has 0 spiro atoms. The Morgan fingerprint density at radius 2 is 1.86 bits per heavy atom. The number of benzene rings is 2. The molecule has 114 valence electrons. The van der Waals surface area contributed by atoms with Crippen LogP contribution in [0, 0.1) is 0 Å². The van der Waals surface area contributed by atoms with Crippen molar-refractivity contribution in [3.05, 3.63) is 63.5 Å². The smallest absolute Gasteiger partial charge is 0.207 e. The molecule has 0 fully saturated rings. The highest BCUT2D eigenvalue weighted by molar-refractivity contribution is 7.89. The maximum absolute atomic E-state index is 12.4.